The molecule has 174 valence electrons. The highest BCUT2D eigenvalue weighted by Crippen LogP contribution is 2.24. The average molecular weight is 442 g/mol. The number of nitrogens with one attached hydrogen (secondary N) is 1. The van der Waals surface area contributed by atoms with Crippen LogP contribution >= 0.6 is 0 Å². The molecule has 0 aromatic heterocycles. The van der Waals surface area contributed by atoms with Crippen LogP contribution in [0.15, 0.2) is 36.4 Å². The van der Waals surface area contributed by atoms with Crippen molar-refractivity contribution in [2.75, 3.05) is 26.2 Å². The first kappa shape index (κ1) is 23.8. The van der Waals surface area contributed by atoms with E-state index in [-0.39, 0.29) is 17.7 Å². The zero-order valence-corrected chi connectivity index (χ0v) is 19.4. The Balaban J connectivity index is 1.53. The van der Waals surface area contributed by atoms with E-state index >= 15 is 0 Å². The van der Waals surface area contributed by atoms with E-state index in [9.17, 15) is 14.4 Å². The van der Waals surface area contributed by atoms with Crippen molar-refractivity contribution >= 4 is 24.0 Å². The van der Waals surface area contributed by atoms with Crippen LogP contribution in [0.3, 0.4) is 0 Å². The number of carbonyl (C=O) groups is 3. The molecular formula is C25H35N3O4. The highest BCUT2D eigenvalue weighted by atomic mass is 16.6. The first-order valence-corrected chi connectivity index (χ1v) is 11.5. The van der Waals surface area contributed by atoms with E-state index < -0.39 is 17.7 Å². The highest BCUT2D eigenvalue weighted by molar-refractivity contribution is 5.91. The Morgan fingerprint density at radius 3 is 2.66 bits per heavy atom. The molecule has 1 N–H and O–H groups in total. The van der Waals surface area contributed by atoms with Crippen LogP contribution in [-0.2, 0) is 14.3 Å². The third-order valence-corrected chi connectivity index (χ3v) is 5.79. The summed E-state index contributed by atoms with van der Waals surface area (Å²) in [7, 11) is 0. The smallest absolute Gasteiger partial charge is 0.407 e. The van der Waals surface area contributed by atoms with E-state index in [0.717, 1.165) is 18.4 Å². The van der Waals surface area contributed by atoms with Crippen molar-refractivity contribution in [2.45, 2.75) is 58.1 Å². The molecule has 2 aliphatic rings. The van der Waals surface area contributed by atoms with Crippen LogP contribution in [0, 0.1) is 5.92 Å². The number of amides is 3. The molecule has 0 spiro atoms. The van der Waals surface area contributed by atoms with Gasteiger partial charge in [0.05, 0.1) is 0 Å². The molecular weight excluding hydrogens is 406 g/mol. The molecule has 0 radical (unpaired) electrons. The largest absolute Gasteiger partial charge is 0.444 e. The third-order valence-electron chi connectivity index (χ3n) is 5.79. The standard InChI is InChI=1S/C25H35N3O4/c1-25(2,3)32-24(31)26-17-20-12-7-15-27(18-20)23(30)21-13-14-22(29)28(21)16-8-11-19-9-5-4-6-10-19/h4-6,8-11,20-21H,7,12-18H2,1-3H3,(H,26,31)/b11-8+/t20?,21-/m0/s1. The van der Waals surface area contributed by atoms with E-state index in [4.69, 9.17) is 4.74 Å². The maximum absolute atomic E-state index is 13.3. The third kappa shape index (κ3) is 6.84. The molecule has 2 atom stereocenters. The van der Waals surface area contributed by atoms with E-state index in [1.165, 1.54) is 0 Å². The number of likely N-dealkylation sites (tertiary alicyclic amines) is 2. The average Bonchev–Trinajstić information content (AvgIpc) is 3.12. The second-order valence-corrected chi connectivity index (χ2v) is 9.59. The highest BCUT2D eigenvalue weighted by Gasteiger charge is 2.38. The van der Waals surface area contributed by atoms with E-state index in [0.29, 0.717) is 39.0 Å². The lowest BCUT2D eigenvalue weighted by molar-refractivity contribution is -0.142. The topological polar surface area (TPSA) is 79.0 Å². The minimum atomic E-state index is -0.536. The van der Waals surface area contributed by atoms with Crippen molar-refractivity contribution in [1.29, 1.82) is 0 Å². The molecule has 3 rings (SSSR count). The predicted molar refractivity (Wildman–Crippen MR) is 124 cm³/mol. The first-order valence-electron chi connectivity index (χ1n) is 11.5. The van der Waals surface area contributed by atoms with Crippen LogP contribution in [-0.4, -0.2) is 65.5 Å². The Morgan fingerprint density at radius 1 is 1.19 bits per heavy atom. The number of hydrogen-bond acceptors (Lipinski definition) is 4. The van der Waals surface area contributed by atoms with Gasteiger partial charge in [0.15, 0.2) is 0 Å². The van der Waals surface area contributed by atoms with Gasteiger partial charge in [0.25, 0.3) is 0 Å². The Bertz CT molecular complexity index is 831. The zero-order valence-electron chi connectivity index (χ0n) is 19.4. The second-order valence-electron chi connectivity index (χ2n) is 9.59. The number of piperidine rings is 1. The maximum Gasteiger partial charge on any atom is 0.407 e. The molecule has 1 unspecified atom stereocenters. The summed E-state index contributed by atoms with van der Waals surface area (Å²) < 4.78 is 5.30. The van der Waals surface area contributed by atoms with Crippen LogP contribution in [0.1, 0.15) is 52.0 Å². The molecule has 1 aromatic carbocycles. The van der Waals surface area contributed by atoms with Crippen molar-refractivity contribution in [3.8, 4) is 0 Å². The lowest BCUT2D eigenvalue weighted by Gasteiger charge is -2.36. The Labute approximate surface area is 190 Å². The van der Waals surface area contributed by atoms with Gasteiger partial charge in [-0.05, 0) is 51.5 Å². The number of benzene rings is 1. The van der Waals surface area contributed by atoms with Gasteiger partial charge in [-0.15, -0.1) is 0 Å². The van der Waals surface area contributed by atoms with Crippen LogP contribution < -0.4 is 5.32 Å². The fourth-order valence-corrected chi connectivity index (χ4v) is 4.27. The first-order chi connectivity index (χ1) is 15.2. The quantitative estimate of drug-likeness (QED) is 0.733. The second kappa shape index (κ2) is 10.7. The number of hydrogen-bond donors (Lipinski definition) is 1. The molecule has 2 aliphatic heterocycles. The summed E-state index contributed by atoms with van der Waals surface area (Å²) in [5.74, 6) is 0.232. The van der Waals surface area contributed by atoms with Gasteiger partial charge in [0.1, 0.15) is 11.6 Å². The summed E-state index contributed by atoms with van der Waals surface area (Å²) in [5, 5.41) is 2.82. The Kier molecular flexibility index (Phi) is 7.94. The summed E-state index contributed by atoms with van der Waals surface area (Å²) in [6.45, 7) is 7.69. The number of nitrogens with zero attached hydrogens (tertiary/aromatic N) is 2. The lowest BCUT2D eigenvalue weighted by Crippen LogP contribution is -2.51. The molecule has 7 heteroatoms. The van der Waals surface area contributed by atoms with Gasteiger partial charge in [-0.25, -0.2) is 4.79 Å². The normalized spacial score (nSPS) is 21.8. The molecule has 3 amide bonds. The summed E-state index contributed by atoms with van der Waals surface area (Å²) >= 11 is 0. The Hall–Kier alpha value is -2.83. The Morgan fingerprint density at radius 2 is 1.94 bits per heavy atom. The predicted octanol–water partition coefficient (Wildman–Crippen LogP) is 3.45. The molecule has 0 bridgehead atoms. The van der Waals surface area contributed by atoms with Crippen LogP contribution in [0.4, 0.5) is 4.79 Å². The molecule has 2 saturated heterocycles. The summed E-state index contributed by atoms with van der Waals surface area (Å²) in [6, 6.07) is 9.51. The van der Waals surface area contributed by atoms with Gasteiger partial charge in [-0.1, -0.05) is 42.5 Å². The minimum Gasteiger partial charge on any atom is -0.444 e. The molecule has 7 nitrogen and oxygen atoms in total. The zero-order chi connectivity index (χ0) is 23.1. The fraction of sp³-hybridized carbons (Fsp3) is 0.560. The summed E-state index contributed by atoms with van der Waals surface area (Å²) in [4.78, 5) is 41.2. The van der Waals surface area contributed by atoms with Gasteiger partial charge in [0.2, 0.25) is 11.8 Å². The van der Waals surface area contributed by atoms with Crippen LogP contribution in [0.2, 0.25) is 0 Å². The monoisotopic (exact) mass is 441 g/mol. The van der Waals surface area contributed by atoms with Crippen molar-refractivity contribution in [1.82, 2.24) is 15.1 Å². The summed E-state index contributed by atoms with van der Waals surface area (Å²) in [6.07, 6.45) is 6.31. The minimum absolute atomic E-state index is 0.0194. The van der Waals surface area contributed by atoms with Crippen molar-refractivity contribution in [3.05, 3.63) is 42.0 Å². The summed E-state index contributed by atoms with van der Waals surface area (Å²) in [5.41, 5.74) is 0.532. The van der Waals surface area contributed by atoms with E-state index in [2.05, 4.69) is 5.32 Å². The van der Waals surface area contributed by atoms with Gasteiger partial charge < -0.3 is 19.9 Å². The SMILES string of the molecule is CC(C)(C)OC(=O)NCC1CCCN(C(=O)[C@@H]2CCC(=O)N2C/C=C/c2ccccc2)C1. The number of carbonyl (C=O) groups excluding carboxylic acids is 3. The van der Waals surface area contributed by atoms with Crippen LogP contribution in [0.5, 0.6) is 0 Å². The molecule has 1 aromatic rings. The fourth-order valence-electron chi connectivity index (χ4n) is 4.27. The maximum atomic E-state index is 13.3. The van der Waals surface area contributed by atoms with Gasteiger partial charge in [-0.2, -0.15) is 0 Å². The molecule has 0 aliphatic carbocycles. The van der Waals surface area contributed by atoms with E-state index in [1.54, 1.807) is 4.90 Å². The number of rotatable bonds is 6. The van der Waals surface area contributed by atoms with Crippen molar-refractivity contribution in [3.63, 3.8) is 0 Å². The van der Waals surface area contributed by atoms with Gasteiger partial charge in [-0.3, -0.25) is 9.59 Å². The van der Waals surface area contributed by atoms with Crippen LogP contribution in [0.25, 0.3) is 6.08 Å². The van der Waals surface area contributed by atoms with Crippen molar-refractivity contribution in [2.24, 2.45) is 5.92 Å². The lowest BCUT2D eigenvalue weighted by atomic mass is 9.97. The number of ether oxygens (including phenoxy) is 1. The van der Waals surface area contributed by atoms with Gasteiger partial charge in [0, 0.05) is 32.6 Å². The molecule has 2 fully saturated rings. The molecule has 2 heterocycles. The van der Waals surface area contributed by atoms with E-state index in [1.807, 2.05) is 68.2 Å². The number of alkyl carbamates (subject to hydrolysis) is 1. The van der Waals surface area contributed by atoms with Gasteiger partial charge >= 0.3 is 6.09 Å². The van der Waals surface area contributed by atoms with Crippen molar-refractivity contribution < 1.29 is 19.1 Å². The molecule has 32 heavy (non-hydrogen) atoms. The molecule has 0 saturated carbocycles.